The molecule has 0 saturated heterocycles. The zero-order valence-corrected chi connectivity index (χ0v) is 9.70. The Morgan fingerprint density at radius 3 is 3.06 bits per heavy atom. The quantitative estimate of drug-likeness (QED) is 0.376. The Balaban J connectivity index is 2.34. The Morgan fingerprint density at radius 1 is 1.50 bits per heavy atom. The van der Waals surface area contributed by atoms with E-state index in [0.717, 1.165) is 9.24 Å². The van der Waals surface area contributed by atoms with Crippen molar-refractivity contribution in [2.24, 2.45) is 10.9 Å². The first-order valence-electron chi connectivity index (χ1n) is 4.30. The van der Waals surface area contributed by atoms with Crippen molar-refractivity contribution in [3.63, 3.8) is 0 Å². The van der Waals surface area contributed by atoms with Gasteiger partial charge >= 0.3 is 0 Å². The highest BCUT2D eigenvalue weighted by Crippen LogP contribution is 2.30. The molecule has 2 rings (SSSR count). The van der Waals surface area contributed by atoms with Crippen LogP contribution in [0.1, 0.15) is 5.56 Å². The lowest BCUT2D eigenvalue weighted by Crippen LogP contribution is -2.14. The smallest absolute Gasteiger partial charge is 0.171 e. The van der Waals surface area contributed by atoms with E-state index in [9.17, 15) is 0 Å². The first kappa shape index (κ1) is 10.9. The van der Waals surface area contributed by atoms with E-state index in [0.29, 0.717) is 5.56 Å². The number of aromatic nitrogens is 2. The third-order valence-electron chi connectivity index (χ3n) is 1.78. The molecule has 16 heavy (non-hydrogen) atoms. The van der Waals surface area contributed by atoms with Crippen LogP contribution < -0.4 is 5.73 Å². The van der Waals surface area contributed by atoms with Gasteiger partial charge in [0.25, 0.3) is 0 Å². The van der Waals surface area contributed by atoms with Gasteiger partial charge in [0.05, 0.1) is 0 Å². The first-order valence-corrected chi connectivity index (χ1v) is 6.00. The molecule has 7 heteroatoms. The van der Waals surface area contributed by atoms with Gasteiger partial charge in [-0.25, -0.2) is 4.98 Å². The number of hydrogen-bond donors (Lipinski definition) is 2. The highest BCUT2D eigenvalue weighted by atomic mass is 32.2. The molecule has 0 amide bonds. The van der Waals surface area contributed by atoms with Gasteiger partial charge in [0.1, 0.15) is 0 Å². The van der Waals surface area contributed by atoms with Crippen LogP contribution >= 0.6 is 23.1 Å². The minimum absolute atomic E-state index is 0.0708. The van der Waals surface area contributed by atoms with Crippen LogP contribution in [-0.2, 0) is 0 Å². The predicted molar refractivity (Wildman–Crippen MR) is 63.0 cm³/mol. The summed E-state index contributed by atoms with van der Waals surface area (Å²) in [5, 5.41) is 13.5. The summed E-state index contributed by atoms with van der Waals surface area (Å²) in [6.45, 7) is 0. The molecule has 0 aromatic carbocycles. The van der Waals surface area contributed by atoms with Crippen LogP contribution in [0.25, 0.3) is 0 Å². The van der Waals surface area contributed by atoms with Crippen LogP contribution in [-0.4, -0.2) is 21.0 Å². The Labute approximate surface area is 100 Å². The molecule has 0 aliphatic carbocycles. The van der Waals surface area contributed by atoms with Crippen molar-refractivity contribution in [3.8, 4) is 0 Å². The van der Waals surface area contributed by atoms with Crippen LogP contribution in [0, 0.1) is 0 Å². The third kappa shape index (κ3) is 2.31. The number of pyridine rings is 1. The van der Waals surface area contributed by atoms with Crippen LogP contribution in [0.15, 0.2) is 44.4 Å². The van der Waals surface area contributed by atoms with Crippen molar-refractivity contribution in [2.45, 2.75) is 9.24 Å². The van der Waals surface area contributed by atoms with Gasteiger partial charge in [-0.05, 0) is 6.07 Å². The molecular formula is C9H8N4OS2. The third-order valence-corrected chi connectivity index (χ3v) is 3.70. The topological polar surface area (TPSA) is 84.4 Å². The number of rotatable bonds is 3. The summed E-state index contributed by atoms with van der Waals surface area (Å²) in [5.41, 5.74) is 6.22. The summed E-state index contributed by atoms with van der Waals surface area (Å²) in [5.74, 6) is 0.0708. The Bertz CT molecular complexity index is 498. The van der Waals surface area contributed by atoms with E-state index in [1.165, 1.54) is 23.1 Å². The number of hydrogen-bond acceptors (Lipinski definition) is 6. The molecule has 0 unspecified atom stereocenters. The van der Waals surface area contributed by atoms with E-state index in [1.807, 2.05) is 5.38 Å². The van der Waals surface area contributed by atoms with Crippen molar-refractivity contribution in [1.82, 2.24) is 9.97 Å². The van der Waals surface area contributed by atoms with E-state index in [2.05, 4.69) is 15.1 Å². The monoisotopic (exact) mass is 252 g/mol. The lowest BCUT2D eigenvalue weighted by atomic mass is 10.2. The molecule has 5 nitrogen and oxygen atoms in total. The summed E-state index contributed by atoms with van der Waals surface area (Å²) in [4.78, 5) is 8.97. The molecular weight excluding hydrogens is 244 g/mol. The Hall–Kier alpha value is -1.60. The van der Waals surface area contributed by atoms with E-state index in [-0.39, 0.29) is 5.84 Å². The molecule has 0 aliphatic heterocycles. The fraction of sp³-hybridized carbons (Fsp3) is 0. The largest absolute Gasteiger partial charge is 0.409 e. The SMILES string of the molecule is N/C(=N/O)c1ccncc1Sc1nccs1. The number of nitrogens with two attached hydrogens (primary N) is 1. The number of oxime groups is 1. The second kappa shape index (κ2) is 4.95. The van der Waals surface area contributed by atoms with E-state index in [4.69, 9.17) is 10.9 Å². The lowest BCUT2D eigenvalue weighted by Gasteiger charge is -2.04. The maximum absolute atomic E-state index is 8.66. The predicted octanol–water partition coefficient (Wildman–Crippen LogP) is 1.78. The van der Waals surface area contributed by atoms with Crippen LogP contribution in [0.5, 0.6) is 0 Å². The highest BCUT2D eigenvalue weighted by molar-refractivity contribution is 8.01. The number of nitrogens with zero attached hydrogens (tertiary/aromatic N) is 3. The van der Waals surface area contributed by atoms with Crippen molar-refractivity contribution >= 4 is 28.9 Å². The molecule has 2 heterocycles. The number of thiazole rings is 1. The van der Waals surface area contributed by atoms with E-state index < -0.39 is 0 Å². The zero-order valence-electron chi connectivity index (χ0n) is 8.07. The second-order valence-corrected chi connectivity index (χ2v) is 4.94. The van der Waals surface area contributed by atoms with Crippen molar-refractivity contribution < 1.29 is 5.21 Å². The van der Waals surface area contributed by atoms with Crippen molar-refractivity contribution in [1.29, 1.82) is 0 Å². The van der Waals surface area contributed by atoms with Crippen LogP contribution in [0.2, 0.25) is 0 Å². The van der Waals surface area contributed by atoms with Gasteiger partial charge in [-0.2, -0.15) is 0 Å². The standard InChI is InChI=1S/C9H8N4OS2/c10-8(13-14)6-1-2-11-5-7(6)16-9-12-3-4-15-9/h1-5,14H,(H2,10,13). The molecule has 2 aromatic heterocycles. The number of amidine groups is 1. The maximum Gasteiger partial charge on any atom is 0.171 e. The first-order chi connectivity index (χ1) is 7.81. The van der Waals surface area contributed by atoms with Crippen molar-refractivity contribution in [3.05, 3.63) is 35.6 Å². The zero-order chi connectivity index (χ0) is 11.4. The lowest BCUT2D eigenvalue weighted by molar-refractivity contribution is 0.318. The van der Waals surface area contributed by atoms with Gasteiger partial charge in [0.15, 0.2) is 10.2 Å². The minimum atomic E-state index is 0.0708. The minimum Gasteiger partial charge on any atom is -0.409 e. The highest BCUT2D eigenvalue weighted by Gasteiger charge is 2.09. The summed E-state index contributed by atoms with van der Waals surface area (Å²) in [6, 6.07) is 1.70. The second-order valence-electron chi connectivity index (χ2n) is 2.76. The van der Waals surface area contributed by atoms with Crippen LogP contribution in [0.4, 0.5) is 0 Å². The van der Waals surface area contributed by atoms with Crippen LogP contribution in [0.3, 0.4) is 0 Å². The molecule has 0 fully saturated rings. The normalized spacial score (nSPS) is 11.6. The molecule has 3 N–H and O–H groups in total. The van der Waals surface area contributed by atoms with Gasteiger partial charge in [-0.3, -0.25) is 4.98 Å². The summed E-state index contributed by atoms with van der Waals surface area (Å²) in [6.07, 6.45) is 4.99. The van der Waals surface area contributed by atoms with Gasteiger partial charge in [-0.15, -0.1) is 11.3 Å². The molecule has 0 atom stereocenters. The summed E-state index contributed by atoms with van der Waals surface area (Å²) < 4.78 is 0.889. The molecule has 82 valence electrons. The maximum atomic E-state index is 8.66. The fourth-order valence-electron chi connectivity index (χ4n) is 1.08. The van der Waals surface area contributed by atoms with Gasteiger partial charge in [-0.1, -0.05) is 16.9 Å². The molecule has 0 aliphatic rings. The molecule has 0 saturated carbocycles. The summed E-state index contributed by atoms with van der Waals surface area (Å²) >= 11 is 2.96. The van der Waals surface area contributed by atoms with Gasteiger partial charge in [0.2, 0.25) is 0 Å². The Morgan fingerprint density at radius 2 is 2.38 bits per heavy atom. The Kier molecular flexibility index (Phi) is 3.37. The molecule has 0 spiro atoms. The fourth-order valence-corrected chi connectivity index (χ4v) is 2.77. The summed E-state index contributed by atoms with van der Waals surface area (Å²) in [7, 11) is 0. The average molecular weight is 252 g/mol. The molecule has 0 bridgehead atoms. The average Bonchev–Trinajstić information content (AvgIpc) is 2.82. The molecule has 0 radical (unpaired) electrons. The van der Waals surface area contributed by atoms with E-state index in [1.54, 1.807) is 24.7 Å². The van der Waals surface area contributed by atoms with Gasteiger partial charge in [0, 0.05) is 34.4 Å². The van der Waals surface area contributed by atoms with E-state index >= 15 is 0 Å². The molecule has 2 aromatic rings. The van der Waals surface area contributed by atoms with Crippen molar-refractivity contribution in [2.75, 3.05) is 0 Å². The van der Waals surface area contributed by atoms with Gasteiger partial charge < -0.3 is 10.9 Å².